The molecule has 2 amide bonds. The van der Waals surface area contributed by atoms with E-state index in [1.807, 2.05) is 28.9 Å². The Balaban J connectivity index is 1.42. The van der Waals surface area contributed by atoms with Gasteiger partial charge in [0.1, 0.15) is 5.75 Å². The van der Waals surface area contributed by atoms with Crippen molar-refractivity contribution >= 4 is 49.6 Å². The third kappa shape index (κ3) is 6.97. The second-order valence-electron chi connectivity index (χ2n) is 9.47. The Morgan fingerprint density at radius 3 is 1.97 bits per heavy atom. The predicted molar refractivity (Wildman–Crippen MR) is 136 cm³/mol. The number of methoxy groups -OCH3 is 1. The van der Waals surface area contributed by atoms with Gasteiger partial charge in [-0.2, -0.15) is 0 Å². The molecule has 9 heteroatoms. The number of benzene rings is 1. The summed E-state index contributed by atoms with van der Waals surface area (Å²) >= 11 is 6.71. The fourth-order valence-corrected chi connectivity index (χ4v) is 6.45. The molecule has 1 N–H and O–H groups in total. The van der Waals surface area contributed by atoms with Crippen molar-refractivity contribution in [3.8, 4) is 5.75 Å². The van der Waals surface area contributed by atoms with Crippen LogP contribution < -0.4 is 0 Å². The lowest BCUT2D eigenvalue weighted by atomic mass is 9.78. The second-order valence-corrected chi connectivity index (χ2v) is 11.2. The first-order chi connectivity index (χ1) is 16.2. The number of halogens is 2. The summed E-state index contributed by atoms with van der Waals surface area (Å²) in [7, 11) is 1.34. The Hall–Kier alpha value is -1.61. The van der Waals surface area contributed by atoms with Crippen LogP contribution in [-0.2, 0) is 25.5 Å². The number of esters is 1. The molecule has 1 aromatic carbocycles. The van der Waals surface area contributed by atoms with Gasteiger partial charge in [0.25, 0.3) is 0 Å². The van der Waals surface area contributed by atoms with E-state index in [0.29, 0.717) is 27.2 Å². The summed E-state index contributed by atoms with van der Waals surface area (Å²) in [6, 6.07) is 3.73. The number of likely N-dealkylation sites (tertiary alicyclic amines) is 2. The van der Waals surface area contributed by atoms with Gasteiger partial charge >= 0.3 is 5.97 Å². The quantitative estimate of drug-likeness (QED) is 0.464. The first-order valence-electron chi connectivity index (χ1n) is 12.0. The molecule has 3 rings (SSSR count). The van der Waals surface area contributed by atoms with Gasteiger partial charge in [0, 0.05) is 38.5 Å². The maximum absolute atomic E-state index is 13.0. The minimum Gasteiger partial charge on any atom is -0.506 e. The van der Waals surface area contributed by atoms with Gasteiger partial charge in [-0.3, -0.25) is 14.4 Å². The molecule has 0 saturated carbocycles. The molecule has 2 aliphatic heterocycles. The van der Waals surface area contributed by atoms with Crippen molar-refractivity contribution in [3.05, 3.63) is 26.6 Å². The van der Waals surface area contributed by atoms with Crippen molar-refractivity contribution in [2.45, 2.75) is 51.9 Å². The van der Waals surface area contributed by atoms with E-state index in [4.69, 9.17) is 0 Å². The van der Waals surface area contributed by atoms with Crippen LogP contribution in [0.15, 0.2) is 21.1 Å². The molecule has 0 spiro atoms. The molecule has 1 atom stereocenters. The molecule has 0 bridgehead atoms. The third-order valence-corrected chi connectivity index (χ3v) is 8.43. The number of rotatable bonds is 7. The second kappa shape index (κ2) is 12.4. The fourth-order valence-electron chi connectivity index (χ4n) is 5.17. The van der Waals surface area contributed by atoms with Crippen molar-refractivity contribution in [1.29, 1.82) is 0 Å². The largest absolute Gasteiger partial charge is 0.506 e. The molecular formula is C25H34Br2N2O5. The van der Waals surface area contributed by atoms with E-state index >= 15 is 0 Å². The smallest absolute Gasteiger partial charge is 0.306 e. The maximum Gasteiger partial charge on any atom is 0.306 e. The standard InChI is InChI=1S/C25H34Br2N2O5/c1-16(13-17-14-20(26)24(32)21(27)15-17)25(33)29-11-7-19(8-12-29)18-5-9-28(10-6-18)22(30)3-4-23(31)34-2/h14-16,18-19,32H,3-13H2,1-2H3/t16-/m1/s1. The lowest BCUT2D eigenvalue weighted by Gasteiger charge is -2.40. The van der Waals surface area contributed by atoms with Crippen molar-refractivity contribution < 1.29 is 24.2 Å². The van der Waals surface area contributed by atoms with Gasteiger partial charge in [-0.05, 0) is 93.5 Å². The van der Waals surface area contributed by atoms with E-state index in [1.54, 1.807) is 0 Å². The van der Waals surface area contributed by atoms with Gasteiger partial charge in [-0.15, -0.1) is 0 Å². The fraction of sp³-hybridized carbons (Fsp3) is 0.640. The number of aromatic hydroxyl groups is 1. The zero-order chi connectivity index (χ0) is 24.8. The first-order valence-corrected chi connectivity index (χ1v) is 13.6. The molecule has 34 heavy (non-hydrogen) atoms. The number of carbonyl (C=O) groups excluding carboxylic acids is 3. The van der Waals surface area contributed by atoms with Crippen molar-refractivity contribution in [1.82, 2.24) is 9.80 Å². The molecule has 2 aliphatic rings. The van der Waals surface area contributed by atoms with Crippen LogP contribution in [0.5, 0.6) is 5.75 Å². The SMILES string of the molecule is COC(=O)CCC(=O)N1CCC(C2CCN(C(=O)[C@H](C)Cc3cc(Br)c(O)c(Br)c3)CC2)CC1. The summed E-state index contributed by atoms with van der Waals surface area (Å²) in [5, 5.41) is 9.90. The number of phenolic OH excluding ortho intramolecular Hbond substituents is 1. The van der Waals surface area contributed by atoms with Gasteiger partial charge in [-0.1, -0.05) is 6.92 Å². The topological polar surface area (TPSA) is 87.2 Å². The van der Waals surface area contributed by atoms with Crippen LogP contribution >= 0.6 is 31.9 Å². The van der Waals surface area contributed by atoms with E-state index in [0.717, 1.165) is 57.4 Å². The minimum atomic E-state index is -0.345. The van der Waals surface area contributed by atoms with Gasteiger partial charge in [0.05, 0.1) is 22.5 Å². The summed E-state index contributed by atoms with van der Waals surface area (Å²) < 4.78 is 5.86. The highest BCUT2D eigenvalue weighted by molar-refractivity contribution is 9.11. The van der Waals surface area contributed by atoms with E-state index in [-0.39, 0.29) is 42.3 Å². The number of ether oxygens (including phenoxy) is 1. The highest BCUT2D eigenvalue weighted by atomic mass is 79.9. The minimum absolute atomic E-state index is 0.0333. The summed E-state index contributed by atoms with van der Waals surface area (Å²) in [5.41, 5.74) is 1.00. The molecule has 1 aromatic rings. The summed E-state index contributed by atoms with van der Waals surface area (Å²) in [4.78, 5) is 40.5. The molecule has 0 unspecified atom stereocenters. The molecule has 2 heterocycles. The van der Waals surface area contributed by atoms with Crippen LogP contribution in [-0.4, -0.2) is 66.0 Å². The number of hydrogen-bond donors (Lipinski definition) is 1. The van der Waals surface area contributed by atoms with Gasteiger partial charge in [-0.25, -0.2) is 0 Å². The molecule has 0 radical (unpaired) electrons. The number of carbonyl (C=O) groups is 3. The van der Waals surface area contributed by atoms with E-state index in [9.17, 15) is 19.5 Å². The zero-order valence-corrected chi connectivity index (χ0v) is 23.1. The van der Waals surface area contributed by atoms with Crippen LogP contribution in [0.25, 0.3) is 0 Å². The Labute approximate surface area is 218 Å². The lowest BCUT2D eigenvalue weighted by molar-refractivity contribution is -0.144. The molecule has 0 aromatic heterocycles. The zero-order valence-electron chi connectivity index (χ0n) is 19.9. The molecule has 2 fully saturated rings. The third-order valence-electron chi connectivity index (χ3n) is 7.22. The van der Waals surface area contributed by atoms with Crippen molar-refractivity contribution in [2.24, 2.45) is 17.8 Å². The summed E-state index contributed by atoms with van der Waals surface area (Å²) in [6.07, 6.45) is 4.98. The van der Waals surface area contributed by atoms with E-state index in [2.05, 4.69) is 36.6 Å². The van der Waals surface area contributed by atoms with Crippen LogP contribution in [0.3, 0.4) is 0 Å². The Bertz CT molecular complexity index is 870. The average molecular weight is 602 g/mol. The van der Waals surface area contributed by atoms with Crippen molar-refractivity contribution in [3.63, 3.8) is 0 Å². The van der Waals surface area contributed by atoms with Gasteiger partial charge in [0.15, 0.2) is 0 Å². The predicted octanol–water partition coefficient (Wildman–Crippen LogP) is 4.53. The molecular weight excluding hydrogens is 568 g/mol. The van der Waals surface area contributed by atoms with Crippen LogP contribution in [0.4, 0.5) is 0 Å². The van der Waals surface area contributed by atoms with Gasteiger partial charge < -0.3 is 19.6 Å². The van der Waals surface area contributed by atoms with Crippen molar-refractivity contribution in [2.75, 3.05) is 33.3 Å². The number of phenols is 1. The molecule has 2 saturated heterocycles. The number of nitrogens with zero attached hydrogens (tertiary/aromatic N) is 2. The Morgan fingerprint density at radius 1 is 0.971 bits per heavy atom. The lowest BCUT2D eigenvalue weighted by Crippen LogP contribution is -2.45. The first kappa shape index (κ1) is 27.0. The number of amides is 2. The molecule has 0 aliphatic carbocycles. The maximum atomic E-state index is 13.0. The number of hydrogen-bond acceptors (Lipinski definition) is 5. The highest BCUT2D eigenvalue weighted by Gasteiger charge is 2.33. The summed E-state index contributed by atoms with van der Waals surface area (Å²) in [5.74, 6) is 1.10. The molecule has 188 valence electrons. The monoisotopic (exact) mass is 600 g/mol. The Kier molecular flexibility index (Phi) is 9.83. The normalized spacial score (nSPS) is 18.6. The van der Waals surface area contributed by atoms with Gasteiger partial charge in [0.2, 0.25) is 11.8 Å². The molecule has 7 nitrogen and oxygen atoms in total. The Morgan fingerprint density at radius 2 is 1.47 bits per heavy atom. The summed E-state index contributed by atoms with van der Waals surface area (Å²) in [6.45, 7) is 5.04. The average Bonchev–Trinajstić information content (AvgIpc) is 2.85. The van der Waals surface area contributed by atoms with E-state index < -0.39 is 0 Å². The number of piperidine rings is 2. The van der Waals surface area contributed by atoms with E-state index in [1.165, 1.54) is 7.11 Å². The van der Waals surface area contributed by atoms with Crippen LogP contribution in [0, 0.1) is 17.8 Å². The van der Waals surface area contributed by atoms with Crippen LogP contribution in [0.2, 0.25) is 0 Å². The van der Waals surface area contributed by atoms with Crippen LogP contribution in [0.1, 0.15) is 51.0 Å². The highest BCUT2D eigenvalue weighted by Crippen LogP contribution is 2.35.